The Kier molecular flexibility index (Phi) is 5.88. The second-order valence-corrected chi connectivity index (χ2v) is 7.41. The Hall–Kier alpha value is -0.120. The fraction of sp³-hybridized carbons (Fsp3) is 1.00. The Morgan fingerprint density at radius 1 is 1.20 bits per heavy atom. The summed E-state index contributed by atoms with van der Waals surface area (Å²) < 4.78 is 5.92. The van der Waals surface area contributed by atoms with Crippen molar-refractivity contribution in [2.45, 2.75) is 77.5 Å². The predicted octanol–water partition coefficient (Wildman–Crippen LogP) is 3.04. The SMILES string of the molecule is CCNC1C(N(C)CC2CCCCO2)CCCC1(C)C. The van der Waals surface area contributed by atoms with Gasteiger partial charge in [-0.15, -0.1) is 0 Å². The van der Waals surface area contributed by atoms with Gasteiger partial charge in [-0.05, 0) is 51.1 Å². The first kappa shape index (κ1) is 16.3. The van der Waals surface area contributed by atoms with Gasteiger partial charge in [0.1, 0.15) is 0 Å². The summed E-state index contributed by atoms with van der Waals surface area (Å²) in [7, 11) is 2.30. The lowest BCUT2D eigenvalue weighted by atomic mass is 9.70. The van der Waals surface area contributed by atoms with Crippen LogP contribution < -0.4 is 5.32 Å². The van der Waals surface area contributed by atoms with Gasteiger partial charge >= 0.3 is 0 Å². The highest BCUT2D eigenvalue weighted by molar-refractivity contribution is 4.97. The van der Waals surface area contributed by atoms with E-state index in [0.29, 0.717) is 23.6 Å². The van der Waals surface area contributed by atoms with Crippen LogP contribution in [0.25, 0.3) is 0 Å². The van der Waals surface area contributed by atoms with E-state index in [-0.39, 0.29) is 0 Å². The number of hydrogen-bond donors (Lipinski definition) is 1. The van der Waals surface area contributed by atoms with Gasteiger partial charge in [-0.3, -0.25) is 4.90 Å². The van der Waals surface area contributed by atoms with Gasteiger partial charge < -0.3 is 10.1 Å². The van der Waals surface area contributed by atoms with E-state index in [1.165, 1.54) is 38.5 Å². The van der Waals surface area contributed by atoms with E-state index in [1.807, 2.05) is 0 Å². The Labute approximate surface area is 125 Å². The summed E-state index contributed by atoms with van der Waals surface area (Å²) in [6.45, 7) is 10.2. The topological polar surface area (TPSA) is 24.5 Å². The molecule has 1 heterocycles. The van der Waals surface area contributed by atoms with Crippen LogP contribution in [0.5, 0.6) is 0 Å². The fourth-order valence-corrected chi connectivity index (χ4v) is 4.12. The first-order chi connectivity index (χ1) is 9.54. The lowest BCUT2D eigenvalue weighted by Gasteiger charge is -2.48. The molecule has 3 atom stereocenters. The van der Waals surface area contributed by atoms with Gasteiger partial charge in [0.15, 0.2) is 0 Å². The third kappa shape index (κ3) is 3.96. The van der Waals surface area contributed by atoms with Crippen molar-refractivity contribution in [1.29, 1.82) is 0 Å². The summed E-state index contributed by atoms with van der Waals surface area (Å²) in [6.07, 6.45) is 8.31. The summed E-state index contributed by atoms with van der Waals surface area (Å²) in [5, 5.41) is 3.76. The van der Waals surface area contributed by atoms with E-state index >= 15 is 0 Å². The largest absolute Gasteiger partial charge is 0.377 e. The minimum atomic E-state index is 0.403. The van der Waals surface area contributed by atoms with Crippen LogP contribution >= 0.6 is 0 Å². The summed E-state index contributed by atoms with van der Waals surface area (Å²) in [4.78, 5) is 2.57. The monoisotopic (exact) mass is 282 g/mol. The molecule has 1 N–H and O–H groups in total. The second-order valence-electron chi connectivity index (χ2n) is 7.41. The zero-order valence-electron chi connectivity index (χ0n) is 14.0. The lowest BCUT2D eigenvalue weighted by Crippen LogP contribution is -2.59. The molecule has 1 saturated carbocycles. The number of ether oxygens (including phenoxy) is 1. The summed E-state index contributed by atoms with van der Waals surface area (Å²) in [5.41, 5.74) is 0.403. The van der Waals surface area contributed by atoms with Crippen LogP contribution in [0.2, 0.25) is 0 Å². The van der Waals surface area contributed by atoms with Crippen molar-refractivity contribution in [3.05, 3.63) is 0 Å². The Balaban J connectivity index is 1.96. The quantitative estimate of drug-likeness (QED) is 0.839. The van der Waals surface area contributed by atoms with Crippen molar-refractivity contribution >= 4 is 0 Å². The first-order valence-electron chi connectivity index (χ1n) is 8.60. The average Bonchev–Trinajstić information content (AvgIpc) is 2.42. The highest BCUT2D eigenvalue weighted by atomic mass is 16.5. The molecule has 2 aliphatic rings. The van der Waals surface area contributed by atoms with Crippen LogP contribution in [0, 0.1) is 5.41 Å². The first-order valence-corrected chi connectivity index (χ1v) is 8.60. The smallest absolute Gasteiger partial charge is 0.0702 e. The summed E-state index contributed by atoms with van der Waals surface area (Å²) in [5.74, 6) is 0. The van der Waals surface area contributed by atoms with Gasteiger partial charge in [-0.2, -0.15) is 0 Å². The molecule has 1 saturated heterocycles. The molecule has 0 aromatic carbocycles. The molecule has 0 aromatic rings. The van der Waals surface area contributed by atoms with Crippen molar-refractivity contribution in [1.82, 2.24) is 10.2 Å². The number of nitrogens with zero attached hydrogens (tertiary/aromatic N) is 1. The Morgan fingerprint density at radius 3 is 2.65 bits per heavy atom. The fourth-order valence-electron chi connectivity index (χ4n) is 4.12. The second kappa shape index (κ2) is 7.24. The molecule has 0 radical (unpaired) electrons. The maximum Gasteiger partial charge on any atom is 0.0702 e. The molecule has 118 valence electrons. The van der Waals surface area contributed by atoms with E-state index in [9.17, 15) is 0 Å². The lowest BCUT2D eigenvalue weighted by molar-refractivity contribution is -0.0234. The summed E-state index contributed by atoms with van der Waals surface area (Å²) in [6, 6.07) is 1.26. The molecule has 20 heavy (non-hydrogen) atoms. The number of rotatable bonds is 5. The van der Waals surface area contributed by atoms with Crippen LogP contribution in [0.15, 0.2) is 0 Å². The van der Waals surface area contributed by atoms with E-state index in [2.05, 4.69) is 38.0 Å². The molecule has 0 amide bonds. The normalized spacial score (nSPS) is 34.4. The van der Waals surface area contributed by atoms with Crippen LogP contribution in [0.4, 0.5) is 0 Å². The van der Waals surface area contributed by atoms with Gasteiger partial charge in [0.2, 0.25) is 0 Å². The molecule has 0 aromatic heterocycles. The predicted molar refractivity (Wildman–Crippen MR) is 85.1 cm³/mol. The standard InChI is InChI=1S/C17H34N2O/c1-5-18-16-15(10-8-11-17(16,2)3)19(4)13-14-9-6-7-12-20-14/h14-16,18H,5-13H2,1-4H3. The third-order valence-corrected chi connectivity index (χ3v) is 5.30. The average molecular weight is 282 g/mol. The van der Waals surface area contributed by atoms with Crippen molar-refractivity contribution in [3.8, 4) is 0 Å². The van der Waals surface area contributed by atoms with Crippen LogP contribution in [-0.2, 0) is 4.74 Å². The zero-order valence-corrected chi connectivity index (χ0v) is 14.0. The molecule has 2 fully saturated rings. The molecular weight excluding hydrogens is 248 g/mol. The van der Waals surface area contributed by atoms with Gasteiger partial charge in [0.25, 0.3) is 0 Å². The molecule has 3 unspecified atom stereocenters. The number of hydrogen-bond acceptors (Lipinski definition) is 3. The Morgan fingerprint density at radius 2 is 2.00 bits per heavy atom. The van der Waals surface area contributed by atoms with Gasteiger partial charge in [-0.25, -0.2) is 0 Å². The molecule has 3 heteroatoms. The van der Waals surface area contributed by atoms with Crippen LogP contribution in [0.1, 0.15) is 59.3 Å². The van der Waals surface area contributed by atoms with E-state index < -0.39 is 0 Å². The number of nitrogens with one attached hydrogen (secondary N) is 1. The molecule has 1 aliphatic carbocycles. The van der Waals surface area contributed by atoms with Crippen molar-refractivity contribution in [2.24, 2.45) is 5.41 Å². The number of likely N-dealkylation sites (N-methyl/N-ethyl adjacent to an activating group) is 2. The van der Waals surface area contributed by atoms with E-state index in [1.54, 1.807) is 0 Å². The van der Waals surface area contributed by atoms with Crippen molar-refractivity contribution in [2.75, 3.05) is 26.7 Å². The molecule has 1 aliphatic heterocycles. The summed E-state index contributed by atoms with van der Waals surface area (Å²) >= 11 is 0. The zero-order chi connectivity index (χ0) is 14.6. The van der Waals surface area contributed by atoms with Gasteiger partial charge in [0.05, 0.1) is 6.10 Å². The van der Waals surface area contributed by atoms with Crippen LogP contribution in [0.3, 0.4) is 0 Å². The highest BCUT2D eigenvalue weighted by Crippen LogP contribution is 2.37. The highest BCUT2D eigenvalue weighted by Gasteiger charge is 2.40. The van der Waals surface area contributed by atoms with E-state index in [4.69, 9.17) is 4.74 Å². The third-order valence-electron chi connectivity index (χ3n) is 5.30. The molecule has 0 spiro atoms. The van der Waals surface area contributed by atoms with Gasteiger partial charge in [0, 0.05) is 25.2 Å². The van der Waals surface area contributed by atoms with Crippen LogP contribution in [-0.4, -0.2) is 49.8 Å². The minimum absolute atomic E-state index is 0.403. The Bertz CT molecular complexity index is 287. The van der Waals surface area contributed by atoms with Crippen molar-refractivity contribution < 1.29 is 4.74 Å². The molecule has 0 bridgehead atoms. The van der Waals surface area contributed by atoms with Gasteiger partial charge in [-0.1, -0.05) is 27.2 Å². The van der Waals surface area contributed by atoms with E-state index in [0.717, 1.165) is 19.7 Å². The molecule has 3 nitrogen and oxygen atoms in total. The molecular formula is C17H34N2O. The molecule has 2 rings (SSSR count). The maximum atomic E-state index is 5.92. The van der Waals surface area contributed by atoms with Crippen molar-refractivity contribution in [3.63, 3.8) is 0 Å². The maximum absolute atomic E-state index is 5.92. The minimum Gasteiger partial charge on any atom is -0.377 e.